The number of nitrogens with one attached hydrogen (secondary N) is 2. The quantitative estimate of drug-likeness (QED) is 0.152. The summed E-state index contributed by atoms with van der Waals surface area (Å²) < 4.78 is 16.0. The summed E-state index contributed by atoms with van der Waals surface area (Å²) in [5.41, 5.74) is 7.21. The largest absolute Gasteiger partial charge is 0.497 e. The third-order valence-electron chi connectivity index (χ3n) is 4.28. The van der Waals surface area contributed by atoms with Crippen molar-refractivity contribution in [2.45, 2.75) is 26.4 Å². The summed E-state index contributed by atoms with van der Waals surface area (Å²) in [4.78, 5) is 15.6. The summed E-state index contributed by atoms with van der Waals surface area (Å²) in [6.45, 7) is 5.08. The van der Waals surface area contributed by atoms with Crippen LogP contribution in [0.5, 0.6) is 11.5 Å². The Morgan fingerprint density at radius 2 is 1.84 bits per heavy atom. The normalized spacial score (nSPS) is 10.8. The lowest BCUT2D eigenvalue weighted by Crippen LogP contribution is -2.37. The van der Waals surface area contributed by atoms with Crippen molar-refractivity contribution in [3.8, 4) is 11.5 Å². The molecule has 0 aliphatic rings. The molecule has 0 aliphatic heterocycles. The predicted octanol–water partition coefficient (Wildman–Crippen LogP) is 2.84. The summed E-state index contributed by atoms with van der Waals surface area (Å²) in [6.07, 6.45) is 0.882. The summed E-state index contributed by atoms with van der Waals surface area (Å²) in [6, 6.07) is 15.3. The van der Waals surface area contributed by atoms with Crippen LogP contribution >= 0.6 is 24.0 Å². The van der Waals surface area contributed by atoms with Crippen LogP contribution < -0.4 is 25.8 Å². The number of nitrogens with zero attached hydrogens (tertiary/aromatic N) is 1. The van der Waals surface area contributed by atoms with Gasteiger partial charge in [0.05, 0.1) is 13.7 Å². The first kappa shape index (κ1) is 27.5. The molecule has 0 radical (unpaired) electrons. The zero-order chi connectivity index (χ0) is 22.3. The Bertz CT molecular complexity index is 831. The Morgan fingerprint density at radius 3 is 2.53 bits per heavy atom. The number of aliphatic imine (C=N–C) groups is 1. The fourth-order valence-electron chi connectivity index (χ4n) is 2.69. The van der Waals surface area contributed by atoms with Crippen molar-refractivity contribution in [1.29, 1.82) is 0 Å². The fourth-order valence-corrected chi connectivity index (χ4v) is 2.69. The van der Waals surface area contributed by atoms with Gasteiger partial charge < -0.3 is 30.6 Å². The summed E-state index contributed by atoms with van der Waals surface area (Å²) in [5, 5.41) is 6.69. The lowest BCUT2D eigenvalue weighted by atomic mass is 10.2. The van der Waals surface area contributed by atoms with Gasteiger partial charge >= 0.3 is 0 Å². The predicted molar refractivity (Wildman–Crippen MR) is 137 cm³/mol. The minimum atomic E-state index is -0.510. The van der Waals surface area contributed by atoms with Crippen LogP contribution in [-0.2, 0) is 22.6 Å². The van der Waals surface area contributed by atoms with Crippen LogP contribution in [-0.4, -0.2) is 45.3 Å². The maximum atomic E-state index is 10.9. The lowest BCUT2D eigenvalue weighted by Gasteiger charge is -2.13. The summed E-state index contributed by atoms with van der Waals surface area (Å²) in [5.74, 6) is 1.61. The molecular formula is C23H33IN4O4. The van der Waals surface area contributed by atoms with Crippen LogP contribution in [0.4, 0.5) is 0 Å². The second-order valence-corrected chi connectivity index (χ2v) is 6.75. The van der Waals surface area contributed by atoms with E-state index in [0.29, 0.717) is 38.0 Å². The van der Waals surface area contributed by atoms with Gasteiger partial charge in [0.2, 0.25) is 0 Å². The maximum absolute atomic E-state index is 10.9. The molecule has 0 fully saturated rings. The first-order valence-corrected chi connectivity index (χ1v) is 10.3. The average Bonchev–Trinajstić information content (AvgIpc) is 2.79. The van der Waals surface area contributed by atoms with Crippen LogP contribution in [0.2, 0.25) is 0 Å². The minimum Gasteiger partial charge on any atom is -0.497 e. The molecule has 0 saturated carbocycles. The maximum Gasteiger partial charge on any atom is 0.255 e. The van der Waals surface area contributed by atoms with Gasteiger partial charge in [0, 0.05) is 26.3 Å². The molecule has 176 valence electrons. The average molecular weight is 556 g/mol. The van der Waals surface area contributed by atoms with E-state index in [1.165, 1.54) is 0 Å². The number of carbonyl (C=O) groups excluding carboxylic acids is 1. The number of rotatable bonds is 13. The van der Waals surface area contributed by atoms with Gasteiger partial charge in [0.15, 0.2) is 12.6 Å². The van der Waals surface area contributed by atoms with Crippen LogP contribution in [0.25, 0.3) is 0 Å². The number of benzene rings is 2. The van der Waals surface area contributed by atoms with Gasteiger partial charge in [-0.2, -0.15) is 0 Å². The highest BCUT2D eigenvalue weighted by atomic mass is 127. The van der Waals surface area contributed by atoms with Crippen LogP contribution in [0.1, 0.15) is 24.5 Å². The van der Waals surface area contributed by atoms with Crippen molar-refractivity contribution in [2.75, 3.05) is 33.5 Å². The molecule has 0 aromatic heterocycles. The highest BCUT2D eigenvalue weighted by Gasteiger charge is 2.03. The molecule has 4 N–H and O–H groups in total. The number of carbonyl (C=O) groups is 1. The van der Waals surface area contributed by atoms with Gasteiger partial charge in [-0.25, -0.2) is 4.99 Å². The molecule has 2 rings (SSSR count). The third kappa shape index (κ3) is 11.2. The number of hydrogen-bond acceptors (Lipinski definition) is 5. The molecule has 2 aromatic carbocycles. The van der Waals surface area contributed by atoms with Crippen LogP contribution in [0.3, 0.4) is 0 Å². The second-order valence-electron chi connectivity index (χ2n) is 6.75. The first-order valence-electron chi connectivity index (χ1n) is 10.3. The number of methoxy groups -OCH3 is 1. The van der Waals surface area contributed by atoms with E-state index in [9.17, 15) is 4.79 Å². The van der Waals surface area contributed by atoms with E-state index < -0.39 is 5.91 Å². The van der Waals surface area contributed by atoms with Crippen molar-refractivity contribution < 1.29 is 19.0 Å². The van der Waals surface area contributed by atoms with Gasteiger partial charge in [0.25, 0.3) is 5.91 Å². The first-order chi connectivity index (χ1) is 15.1. The van der Waals surface area contributed by atoms with E-state index in [4.69, 9.17) is 19.9 Å². The summed E-state index contributed by atoms with van der Waals surface area (Å²) >= 11 is 0. The molecule has 0 saturated heterocycles. The van der Waals surface area contributed by atoms with Crippen molar-refractivity contribution in [1.82, 2.24) is 10.6 Å². The molecule has 1 amide bonds. The van der Waals surface area contributed by atoms with Crippen molar-refractivity contribution in [3.05, 3.63) is 59.7 Å². The number of amides is 1. The highest BCUT2D eigenvalue weighted by Crippen LogP contribution is 2.14. The number of hydrogen-bond donors (Lipinski definition) is 3. The van der Waals surface area contributed by atoms with E-state index in [2.05, 4.69) is 15.6 Å². The molecule has 0 spiro atoms. The Balaban J connectivity index is 0.00000512. The van der Waals surface area contributed by atoms with Crippen molar-refractivity contribution >= 4 is 35.8 Å². The number of halogens is 1. The van der Waals surface area contributed by atoms with E-state index in [0.717, 1.165) is 29.8 Å². The smallest absolute Gasteiger partial charge is 0.255 e. The molecule has 0 aliphatic carbocycles. The van der Waals surface area contributed by atoms with E-state index in [1.807, 2.05) is 49.4 Å². The molecule has 0 bridgehead atoms. The van der Waals surface area contributed by atoms with Crippen LogP contribution in [0.15, 0.2) is 53.5 Å². The number of guanidine groups is 1. The van der Waals surface area contributed by atoms with E-state index in [1.54, 1.807) is 13.2 Å². The fraction of sp³-hybridized carbons (Fsp3) is 0.391. The highest BCUT2D eigenvalue weighted by molar-refractivity contribution is 14.0. The standard InChI is InChI=1S/C23H32N4O4.HI/c1-3-30-13-5-12-25-23(26-15-18-8-10-20(29-2)11-9-18)27-16-19-6-4-7-21(14-19)31-17-22(24)28;/h4,6-11,14H,3,5,12-13,15-17H2,1-2H3,(H2,24,28)(H2,25,26,27);1H. The van der Waals surface area contributed by atoms with E-state index in [-0.39, 0.29) is 30.6 Å². The van der Waals surface area contributed by atoms with E-state index >= 15 is 0 Å². The molecule has 9 heteroatoms. The molecule has 0 unspecified atom stereocenters. The molecular weight excluding hydrogens is 523 g/mol. The number of primary amides is 1. The van der Waals surface area contributed by atoms with Gasteiger partial charge in [-0.05, 0) is 48.7 Å². The Labute approximate surface area is 206 Å². The van der Waals surface area contributed by atoms with Gasteiger partial charge in [-0.1, -0.05) is 24.3 Å². The Morgan fingerprint density at radius 1 is 1.06 bits per heavy atom. The topological polar surface area (TPSA) is 107 Å². The third-order valence-corrected chi connectivity index (χ3v) is 4.28. The van der Waals surface area contributed by atoms with Crippen molar-refractivity contribution in [3.63, 3.8) is 0 Å². The molecule has 0 heterocycles. The summed E-state index contributed by atoms with van der Waals surface area (Å²) in [7, 11) is 1.65. The monoisotopic (exact) mass is 556 g/mol. The SMILES string of the molecule is CCOCCCNC(=NCc1cccc(OCC(N)=O)c1)NCc1ccc(OC)cc1.I. The Kier molecular flexibility index (Phi) is 13.9. The molecule has 32 heavy (non-hydrogen) atoms. The van der Waals surface area contributed by atoms with Gasteiger partial charge in [0.1, 0.15) is 11.5 Å². The lowest BCUT2D eigenvalue weighted by molar-refractivity contribution is -0.119. The minimum absolute atomic E-state index is 0. The molecule has 2 aromatic rings. The zero-order valence-corrected chi connectivity index (χ0v) is 21.0. The number of ether oxygens (including phenoxy) is 3. The Hall–Kier alpha value is -2.53. The molecule has 0 atom stereocenters. The van der Waals surface area contributed by atoms with Crippen molar-refractivity contribution in [2.24, 2.45) is 10.7 Å². The van der Waals surface area contributed by atoms with Gasteiger partial charge in [-0.15, -0.1) is 24.0 Å². The zero-order valence-electron chi connectivity index (χ0n) is 18.6. The van der Waals surface area contributed by atoms with Crippen LogP contribution in [0, 0.1) is 0 Å². The molecule has 8 nitrogen and oxygen atoms in total. The second kappa shape index (κ2) is 16.2. The van der Waals surface area contributed by atoms with Gasteiger partial charge in [-0.3, -0.25) is 4.79 Å². The number of nitrogens with two attached hydrogens (primary N) is 1.